The van der Waals surface area contributed by atoms with E-state index >= 15 is 0 Å². The number of hydrogen-bond acceptors (Lipinski definition) is 4. The first-order valence-corrected chi connectivity index (χ1v) is 9.77. The van der Waals surface area contributed by atoms with Crippen LogP contribution in [-0.4, -0.2) is 32.8 Å². The van der Waals surface area contributed by atoms with E-state index in [1.807, 2.05) is 48.5 Å². The second kappa shape index (κ2) is 9.17. The van der Waals surface area contributed by atoms with Crippen molar-refractivity contribution in [2.24, 2.45) is 0 Å². The summed E-state index contributed by atoms with van der Waals surface area (Å²) in [6.07, 6.45) is 0.195. The van der Waals surface area contributed by atoms with Gasteiger partial charge < -0.3 is 10.4 Å². The third-order valence-corrected chi connectivity index (χ3v) is 4.80. The summed E-state index contributed by atoms with van der Waals surface area (Å²) >= 11 is 0. The highest BCUT2D eigenvalue weighted by atomic mass is 16.4. The zero-order valence-electron chi connectivity index (χ0n) is 16.8. The summed E-state index contributed by atoms with van der Waals surface area (Å²) in [6.45, 7) is 3.69. The Labute approximate surface area is 174 Å². The minimum Gasteiger partial charge on any atom is -0.480 e. The second-order valence-electron chi connectivity index (χ2n) is 6.72. The highest BCUT2D eigenvalue weighted by molar-refractivity contribution is 6.04. The maximum absolute atomic E-state index is 13.2. The van der Waals surface area contributed by atoms with Crippen molar-refractivity contribution in [2.45, 2.75) is 32.9 Å². The molecule has 7 heteroatoms. The molecule has 0 aliphatic heterocycles. The van der Waals surface area contributed by atoms with Crippen LogP contribution >= 0.6 is 0 Å². The van der Waals surface area contributed by atoms with Gasteiger partial charge in [0.15, 0.2) is 0 Å². The SMILES string of the molecule is CCC(NC(=O)c1c(-c2ccccc2)c(-c2ccccc2)nn(CC)c1=O)C(=O)O. The molecule has 0 saturated carbocycles. The van der Waals surface area contributed by atoms with Crippen molar-refractivity contribution in [1.82, 2.24) is 15.1 Å². The average molecular weight is 405 g/mol. The summed E-state index contributed by atoms with van der Waals surface area (Å²) in [7, 11) is 0. The van der Waals surface area contributed by atoms with Crippen LogP contribution in [0.1, 0.15) is 30.6 Å². The zero-order valence-corrected chi connectivity index (χ0v) is 16.8. The van der Waals surface area contributed by atoms with Gasteiger partial charge in [-0.25, -0.2) is 9.48 Å². The fraction of sp³-hybridized carbons (Fsp3) is 0.217. The van der Waals surface area contributed by atoms with Crippen LogP contribution in [0.3, 0.4) is 0 Å². The number of amides is 1. The number of aromatic nitrogens is 2. The molecule has 154 valence electrons. The lowest BCUT2D eigenvalue weighted by Gasteiger charge is -2.18. The zero-order chi connectivity index (χ0) is 21.7. The van der Waals surface area contributed by atoms with Crippen molar-refractivity contribution in [3.63, 3.8) is 0 Å². The van der Waals surface area contributed by atoms with Gasteiger partial charge >= 0.3 is 5.97 Å². The number of carboxylic acid groups (broad SMARTS) is 1. The van der Waals surface area contributed by atoms with E-state index in [0.717, 1.165) is 5.56 Å². The monoisotopic (exact) mass is 405 g/mol. The minimum absolute atomic E-state index is 0.114. The molecular weight excluding hydrogens is 382 g/mol. The number of aliphatic carboxylic acids is 1. The summed E-state index contributed by atoms with van der Waals surface area (Å²) in [6, 6.07) is 17.2. The van der Waals surface area contributed by atoms with Gasteiger partial charge in [0.2, 0.25) is 0 Å². The lowest BCUT2D eigenvalue weighted by molar-refractivity contribution is -0.139. The first kappa shape index (κ1) is 21.0. The van der Waals surface area contributed by atoms with Crippen LogP contribution in [-0.2, 0) is 11.3 Å². The molecule has 0 aliphatic rings. The summed E-state index contributed by atoms with van der Waals surface area (Å²) in [5.41, 5.74) is 1.59. The maximum Gasteiger partial charge on any atom is 0.326 e. The van der Waals surface area contributed by atoms with Crippen LogP contribution in [0.4, 0.5) is 0 Å². The molecule has 1 heterocycles. The van der Waals surface area contributed by atoms with E-state index in [1.165, 1.54) is 4.68 Å². The third kappa shape index (κ3) is 4.15. The van der Waals surface area contributed by atoms with Crippen molar-refractivity contribution in [3.05, 3.63) is 76.6 Å². The van der Waals surface area contributed by atoms with Crippen molar-refractivity contribution < 1.29 is 14.7 Å². The molecule has 1 atom stereocenters. The number of benzene rings is 2. The van der Waals surface area contributed by atoms with Gasteiger partial charge in [-0.1, -0.05) is 67.6 Å². The molecule has 2 N–H and O–H groups in total. The predicted octanol–water partition coefficient (Wildman–Crippen LogP) is 3.19. The number of carbonyl (C=O) groups excluding carboxylic acids is 1. The van der Waals surface area contributed by atoms with Crippen molar-refractivity contribution in [3.8, 4) is 22.4 Å². The van der Waals surface area contributed by atoms with Gasteiger partial charge in [0.05, 0.1) is 5.69 Å². The molecule has 0 aliphatic carbocycles. The summed E-state index contributed by atoms with van der Waals surface area (Å²) < 4.78 is 1.23. The van der Waals surface area contributed by atoms with E-state index in [4.69, 9.17) is 0 Å². The van der Waals surface area contributed by atoms with Gasteiger partial charge in [-0.15, -0.1) is 0 Å². The molecule has 1 unspecified atom stereocenters. The first-order valence-electron chi connectivity index (χ1n) is 9.77. The molecular formula is C23H23N3O4. The first-order chi connectivity index (χ1) is 14.5. The van der Waals surface area contributed by atoms with Crippen LogP contribution < -0.4 is 10.9 Å². The van der Waals surface area contributed by atoms with Gasteiger partial charge in [0, 0.05) is 17.7 Å². The number of carbonyl (C=O) groups is 2. The number of hydrogen-bond donors (Lipinski definition) is 2. The highest BCUT2D eigenvalue weighted by Gasteiger charge is 2.27. The fourth-order valence-electron chi connectivity index (χ4n) is 3.25. The van der Waals surface area contributed by atoms with Crippen molar-refractivity contribution >= 4 is 11.9 Å². The summed E-state index contributed by atoms with van der Waals surface area (Å²) in [5.74, 6) is -1.88. The Morgan fingerprint density at radius 3 is 2.07 bits per heavy atom. The topological polar surface area (TPSA) is 101 Å². The number of rotatable bonds is 7. The lowest BCUT2D eigenvalue weighted by Crippen LogP contribution is -2.43. The molecule has 2 aromatic carbocycles. The van der Waals surface area contributed by atoms with Crippen LogP contribution in [0, 0.1) is 0 Å². The number of carboxylic acids is 1. The Hall–Kier alpha value is -3.74. The van der Waals surface area contributed by atoms with E-state index in [0.29, 0.717) is 16.8 Å². The summed E-state index contributed by atoms with van der Waals surface area (Å²) in [4.78, 5) is 37.8. The van der Waals surface area contributed by atoms with Crippen molar-refractivity contribution in [2.75, 3.05) is 0 Å². The van der Waals surface area contributed by atoms with E-state index < -0.39 is 23.5 Å². The summed E-state index contributed by atoms with van der Waals surface area (Å²) in [5, 5.41) is 16.4. The molecule has 0 saturated heterocycles. The van der Waals surface area contributed by atoms with Gasteiger partial charge in [0.1, 0.15) is 11.6 Å². The molecule has 1 aromatic heterocycles. The maximum atomic E-state index is 13.2. The van der Waals surface area contributed by atoms with Crippen LogP contribution in [0.25, 0.3) is 22.4 Å². The molecule has 3 aromatic rings. The standard InChI is InChI=1S/C23H23N3O4/c1-3-17(23(29)30)24-21(27)19-18(15-11-7-5-8-12-15)20(16-13-9-6-10-14-16)25-26(4-2)22(19)28/h5-14,17H,3-4H2,1-2H3,(H,24,27)(H,29,30). The molecule has 0 fully saturated rings. The lowest BCUT2D eigenvalue weighted by atomic mass is 9.95. The van der Waals surface area contributed by atoms with Gasteiger partial charge in [0.25, 0.3) is 11.5 Å². The average Bonchev–Trinajstić information content (AvgIpc) is 2.77. The Morgan fingerprint density at radius 2 is 1.57 bits per heavy atom. The largest absolute Gasteiger partial charge is 0.480 e. The van der Waals surface area contributed by atoms with Crippen LogP contribution in [0.15, 0.2) is 65.5 Å². The second-order valence-corrected chi connectivity index (χ2v) is 6.72. The van der Waals surface area contributed by atoms with Crippen molar-refractivity contribution in [1.29, 1.82) is 0 Å². The Morgan fingerprint density at radius 1 is 1.00 bits per heavy atom. The molecule has 7 nitrogen and oxygen atoms in total. The highest BCUT2D eigenvalue weighted by Crippen LogP contribution is 2.32. The van der Waals surface area contributed by atoms with Crippen LogP contribution in [0.5, 0.6) is 0 Å². The number of nitrogens with one attached hydrogen (secondary N) is 1. The van der Waals surface area contributed by atoms with Crippen LogP contribution in [0.2, 0.25) is 0 Å². The Bertz CT molecular complexity index is 1110. The van der Waals surface area contributed by atoms with E-state index in [9.17, 15) is 19.5 Å². The Kier molecular flexibility index (Phi) is 6.41. The Balaban J connectivity index is 2.33. The van der Waals surface area contributed by atoms with E-state index in [-0.39, 0.29) is 18.5 Å². The minimum atomic E-state index is -1.15. The molecule has 1 amide bonds. The van der Waals surface area contributed by atoms with E-state index in [2.05, 4.69) is 10.4 Å². The molecule has 30 heavy (non-hydrogen) atoms. The molecule has 0 bridgehead atoms. The smallest absolute Gasteiger partial charge is 0.326 e. The fourth-order valence-corrected chi connectivity index (χ4v) is 3.25. The molecule has 3 rings (SSSR count). The normalized spacial score (nSPS) is 11.7. The van der Waals surface area contributed by atoms with Gasteiger partial charge in [-0.3, -0.25) is 9.59 Å². The predicted molar refractivity (Wildman–Crippen MR) is 114 cm³/mol. The number of nitrogens with zero attached hydrogens (tertiary/aromatic N) is 2. The van der Waals surface area contributed by atoms with Gasteiger partial charge in [-0.2, -0.15) is 5.10 Å². The molecule has 0 radical (unpaired) electrons. The van der Waals surface area contributed by atoms with Gasteiger partial charge in [-0.05, 0) is 18.9 Å². The van der Waals surface area contributed by atoms with E-state index in [1.54, 1.807) is 26.0 Å². The third-order valence-electron chi connectivity index (χ3n) is 4.80. The quantitative estimate of drug-likeness (QED) is 0.629. The number of aryl methyl sites for hydroxylation is 1. The molecule has 0 spiro atoms.